The molecular formula is C16H33N3. The summed E-state index contributed by atoms with van der Waals surface area (Å²) in [6, 6.07) is 0. The second kappa shape index (κ2) is 10.9. The first-order valence-corrected chi connectivity index (χ1v) is 7.79. The summed E-state index contributed by atoms with van der Waals surface area (Å²) in [5.41, 5.74) is 6.03. The largest absolute Gasteiger partial charge is 0.387 e. The number of hydrogen-bond acceptors (Lipinski definition) is 2. The quantitative estimate of drug-likeness (QED) is 0.477. The number of amidine groups is 1. The molecule has 112 valence electrons. The van der Waals surface area contributed by atoms with Crippen LogP contribution in [0.25, 0.3) is 0 Å². The van der Waals surface area contributed by atoms with Crippen LogP contribution < -0.4 is 5.73 Å². The highest BCUT2D eigenvalue weighted by molar-refractivity contribution is 5.81. The van der Waals surface area contributed by atoms with Gasteiger partial charge in [-0.25, -0.2) is 4.99 Å². The molecule has 0 fully saturated rings. The summed E-state index contributed by atoms with van der Waals surface area (Å²) in [5.74, 6) is 2.35. The second-order valence-electron chi connectivity index (χ2n) is 5.54. The number of nitrogens with two attached hydrogens (primary N) is 1. The van der Waals surface area contributed by atoms with Gasteiger partial charge in [0.25, 0.3) is 0 Å². The Bertz CT molecular complexity index is 272. The van der Waals surface area contributed by atoms with E-state index in [0.29, 0.717) is 5.92 Å². The molecule has 0 aliphatic carbocycles. The molecule has 0 unspecified atom stereocenters. The summed E-state index contributed by atoms with van der Waals surface area (Å²) in [7, 11) is 0. The molecule has 0 saturated carbocycles. The van der Waals surface area contributed by atoms with Gasteiger partial charge in [0.15, 0.2) is 0 Å². The Morgan fingerprint density at radius 3 is 2.05 bits per heavy atom. The van der Waals surface area contributed by atoms with E-state index in [1.165, 1.54) is 25.7 Å². The number of aliphatic imine (C=N–C) groups is 1. The predicted octanol–water partition coefficient (Wildman–Crippen LogP) is 4.15. The van der Waals surface area contributed by atoms with Crippen LogP contribution in [0, 0.1) is 5.92 Å². The zero-order valence-corrected chi connectivity index (χ0v) is 13.6. The van der Waals surface area contributed by atoms with Gasteiger partial charge in [0.05, 0.1) is 0 Å². The Morgan fingerprint density at radius 2 is 1.68 bits per heavy atom. The summed E-state index contributed by atoms with van der Waals surface area (Å²) in [6.07, 6.45) is 7.79. The van der Waals surface area contributed by atoms with E-state index in [9.17, 15) is 0 Å². The average Bonchev–Trinajstić information content (AvgIpc) is 2.36. The van der Waals surface area contributed by atoms with Crippen molar-refractivity contribution >= 4 is 5.84 Å². The number of hydrogen-bond donors (Lipinski definition) is 1. The minimum absolute atomic E-state index is 0.557. The van der Waals surface area contributed by atoms with E-state index < -0.39 is 0 Å². The first-order chi connectivity index (χ1) is 9.04. The Kier molecular flexibility index (Phi) is 10.3. The molecule has 0 aliphatic rings. The number of nitrogens with zero attached hydrogens (tertiary/aromatic N) is 2. The van der Waals surface area contributed by atoms with E-state index in [4.69, 9.17) is 5.73 Å². The third-order valence-corrected chi connectivity index (χ3v) is 3.02. The SMILES string of the molecule is C/C=C(\N=C(N)CC(C)C)N(CCCC)CCCC. The Labute approximate surface area is 120 Å². The fourth-order valence-corrected chi connectivity index (χ4v) is 1.97. The predicted molar refractivity (Wildman–Crippen MR) is 86.2 cm³/mol. The van der Waals surface area contributed by atoms with E-state index in [1.807, 2.05) is 6.92 Å². The highest BCUT2D eigenvalue weighted by Gasteiger charge is 2.08. The number of unbranched alkanes of at least 4 members (excludes halogenated alkanes) is 2. The summed E-state index contributed by atoms with van der Waals surface area (Å²) in [6.45, 7) is 13.0. The lowest BCUT2D eigenvalue weighted by Gasteiger charge is -2.25. The first-order valence-electron chi connectivity index (χ1n) is 7.79. The third-order valence-electron chi connectivity index (χ3n) is 3.02. The van der Waals surface area contributed by atoms with Crippen LogP contribution in [0.3, 0.4) is 0 Å². The van der Waals surface area contributed by atoms with Crippen molar-refractivity contribution in [3.8, 4) is 0 Å². The van der Waals surface area contributed by atoms with Gasteiger partial charge in [-0.1, -0.05) is 40.5 Å². The van der Waals surface area contributed by atoms with Crippen LogP contribution in [0.15, 0.2) is 16.9 Å². The van der Waals surface area contributed by atoms with Crippen LogP contribution in [0.4, 0.5) is 0 Å². The molecule has 0 bridgehead atoms. The fourth-order valence-electron chi connectivity index (χ4n) is 1.97. The minimum atomic E-state index is 0.557. The Balaban J connectivity index is 4.72. The van der Waals surface area contributed by atoms with Crippen molar-refractivity contribution < 1.29 is 0 Å². The van der Waals surface area contributed by atoms with E-state index in [0.717, 1.165) is 31.2 Å². The smallest absolute Gasteiger partial charge is 0.126 e. The molecule has 0 amide bonds. The van der Waals surface area contributed by atoms with E-state index >= 15 is 0 Å². The van der Waals surface area contributed by atoms with Crippen molar-refractivity contribution in [1.82, 2.24) is 4.90 Å². The maximum Gasteiger partial charge on any atom is 0.126 e. The van der Waals surface area contributed by atoms with Crippen LogP contribution in [-0.4, -0.2) is 23.8 Å². The van der Waals surface area contributed by atoms with Gasteiger partial charge in [-0.2, -0.15) is 0 Å². The Morgan fingerprint density at radius 1 is 1.16 bits per heavy atom. The van der Waals surface area contributed by atoms with Crippen LogP contribution in [-0.2, 0) is 0 Å². The van der Waals surface area contributed by atoms with Crippen LogP contribution in [0.1, 0.15) is 66.7 Å². The highest BCUT2D eigenvalue weighted by Crippen LogP contribution is 2.11. The Hall–Kier alpha value is -0.990. The molecule has 3 heteroatoms. The molecule has 3 nitrogen and oxygen atoms in total. The van der Waals surface area contributed by atoms with Gasteiger partial charge < -0.3 is 10.6 Å². The molecule has 0 rings (SSSR count). The van der Waals surface area contributed by atoms with Crippen molar-refractivity contribution in [3.05, 3.63) is 11.9 Å². The van der Waals surface area contributed by atoms with Gasteiger partial charge >= 0.3 is 0 Å². The molecule has 0 aliphatic heterocycles. The topological polar surface area (TPSA) is 41.6 Å². The number of rotatable bonds is 10. The summed E-state index contributed by atoms with van der Waals surface area (Å²) in [4.78, 5) is 7.00. The lowest BCUT2D eigenvalue weighted by atomic mass is 10.1. The average molecular weight is 267 g/mol. The van der Waals surface area contributed by atoms with Gasteiger partial charge in [-0.3, -0.25) is 0 Å². The normalized spacial score (nSPS) is 13.2. The standard InChI is InChI=1S/C16H33N3/c1-6-9-11-19(12-10-7-2)16(8-3)18-15(17)13-14(4)5/h8,14H,6-7,9-13H2,1-5H3,(H2,17,18)/b16-8+. The van der Waals surface area contributed by atoms with Crippen molar-refractivity contribution in [2.24, 2.45) is 16.6 Å². The zero-order chi connectivity index (χ0) is 14.7. The van der Waals surface area contributed by atoms with Gasteiger partial charge in [-0.15, -0.1) is 0 Å². The molecule has 2 N–H and O–H groups in total. The van der Waals surface area contributed by atoms with Gasteiger partial charge in [0.1, 0.15) is 11.7 Å². The second-order valence-corrected chi connectivity index (χ2v) is 5.54. The van der Waals surface area contributed by atoms with Crippen molar-refractivity contribution in [2.45, 2.75) is 66.7 Å². The molecule has 0 atom stereocenters. The molecule has 0 aromatic rings. The lowest BCUT2D eigenvalue weighted by Crippen LogP contribution is -2.26. The molecule has 0 saturated heterocycles. The summed E-state index contributed by atoms with van der Waals surface area (Å²) < 4.78 is 0. The molecule has 0 aromatic carbocycles. The van der Waals surface area contributed by atoms with E-state index in [2.05, 4.69) is 43.7 Å². The highest BCUT2D eigenvalue weighted by atomic mass is 15.2. The van der Waals surface area contributed by atoms with Gasteiger partial charge in [0.2, 0.25) is 0 Å². The van der Waals surface area contributed by atoms with Crippen molar-refractivity contribution in [2.75, 3.05) is 13.1 Å². The molecule has 0 spiro atoms. The fraction of sp³-hybridized carbons (Fsp3) is 0.812. The summed E-state index contributed by atoms with van der Waals surface area (Å²) in [5, 5.41) is 0. The molecule has 19 heavy (non-hydrogen) atoms. The van der Waals surface area contributed by atoms with Crippen molar-refractivity contribution in [3.63, 3.8) is 0 Å². The van der Waals surface area contributed by atoms with E-state index in [-0.39, 0.29) is 0 Å². The third kappa shape index (κ3) is 8.68. The van der Waals surface area contributed by atoms with Crippen LogP contribution >= 0.6 is 0 Å². The first kappa shape index (κ1) is 18.0. The number of allylic oxidation sites excluding steroid dienone is 1. The van der Waals surface area contributed by atoms with Crippen molar-refractivity contribution in [1.29, 1.82) is 0 Å². The van der Waals surface area contributed by atoms with E-state index in [1.54, 1.807) is 0 Å². The summed E-state index contributed by atoms with van der Waals surface area (Å²) >= 11 is 0. The lowest BCUT2D eigenvalue weighted by molar-refractivity contribution is 0.327. The molecular weight excluding hydrogens is 234 g/mol. The minimum Gasteiger partial charge on any atom is -0.387 e. The molecule has 0 heterocycles. The van der Waals surface area contributed by atoms with Crippen LogP contribution in [0.2, 0.25) is 0 Å². The maximum absolute atomic E-state index is 6.03. The van der Waals surface area contributed by atoms with Crippen LogP contribution in [0.5, 0.6) is 0 Å². The monoisotopic (exact) mass is 267 g/mol. The maximum atomic E-state index is 6.03. The van der Waals surface area contributed by atoms with Gasteiger partial charge in [0, 0.05) is 19.5 Å². The zero-order valence-electron chi connectivity index (χ0n) is 13.6. The molecule has 0 radical (unpaired) electrons. The van der Waals surface area contributed by atoms with Gasteiger partial charge in [-0.05, 0) is 31.8 Å². The molecule has 0 aromatic heterocycles.